The third-order valence-electron chi connectivity index (χ3n) is 3.98. The van der Waals surface area contributed by atoms with Crippen LogP contribution in [-0.2, 0) is 17.6 Å². The zero-order chi connectivity index (χ0) is 15.9. The summed E-state index contributed by atoms with van der Waals surface area (Å²) in [7, 11) is 0. The highest BCUT2D eigenvalue weighted by molar-refractivity contribution is 5.86. The van der Waals surface area contributed by atoms with Crippen molar-refractivity contribution in [2.45, 2.75) is 32.0 Å². The van der Waals surface area contributed by atoms with E-state index in [1.807, 2.05) is 0 Å². The number of aromatic amines is 1. The molecule has 2 aromatic rings. The van der Waals surface area contributed by atoms with Crippen LogP contribution in [0.5, 0.6) is 5.75 Å². The van der Waals surface area contributed by atoms with Crippen molar-refractivity contribution in [1.82, 2.24) is 4.98 Å². The predicted molar refractivity (Wildman–Crippen MR) is 74.3 cm³/mol. The first-order valence-electron chi connectivity index (χ1n) is 6.99. The van der Waals surface area contributed by atoms with Crippen molar-refractivity contribution in [3.05, 3.63) is 29.5 Å². The minimum atomic E-state index is -4.71. The van der Waals surface area contributed by atoms with E-state index < -0.39 is 6.36 Å². The zero-order valence-corrected chi connectivity index (χ0v) is 11.7. The molecule has 1 aliphatic rings. The van der Waals surface area contributed by atoms with Crippen molar-refractivity contribution < 1.29 is 22.7 Å². The van der Waals surface area contributed by atoms with Crippen LogP contribution in [0.2, 0.25) is 0 Å². The first kappa shape index (κ1) is 14.7. The van der Waals surface area contributed by atoms with Gasteiger partial charge < -0.3 is 15.5 Å². The number of nitrogens with two attached hydrogens (primary N) is 1. The van der Waals surface area contributed by atoms with Crippen LogP contribution in [0.3, 0.4) is 0 Å². The van der Waals surface area contributed by atoms with Crippen molar-refractivity contribution in [2.75, 3.05) is 0 Å². The average Bonchev–Trinajstić information content (AvgIpc) is 2.74. The molecule has 0 spiro atoms. The summed E-state index contributed by atoms with van der Waals surface area (Å²) in [4.78, 5) is 14.3. The number of carbonyl (C=O) groups is 1. The van der Waals surface area contributed by atoms with Gasteiger partial charge in [0.15, 0.2) is 0 Å². The van der Waals surface area contributed by atoms with Gasteiger partial charge in [-0.3, -0.25) is 4.79 Å². The topological polar surface area (TPSA) is 68.1 Å². The molecule has 1 atom stereocenters. The minimum Gasteiger partial charge on any atom is -0.406 e. The molecule has 0 saturated heterocycles. The summed E-state index contributed by atoms with van der Waals surface area (Å²) < 4.78 is 41.0. The number of H-pyrrole nitrogens is 1. The van der Waals surface area contributed by atoms with Crippen LogP contribution >= 0.6 is 0 Å². The molecule has 1 heterocycles. The Morgan fingerprint density at radius 2 is 2.18 bits per heavy atom. The van der Waals surface area contributed by atoms with Crippen LogP contribution in [0, 0.1) is 5.92 Å². The van der Waals surface area contributed by atoms with Crippen molar-refractivity contribution in [3.63, 3.8) is 0 Å². The van der Waals surface area contributed by atoms with E-state index in [-0.39, 0.29) is 17.6 Å². The van der Waals surface area contributed by atoms with Crippen LogP contribution in [-0.4, -0.2) is 17.3 Å². The second-order valence-electron chi connectivity index (χ2n) is 5.62. The van der Waals surface area contributed by atoms with E-state index in [9.17, 15) is 18.0 Å². The number of aromatic nitrogens is 1. The molecule has 1 unspecified atom stereocenters. The Kier molecular flexibility index (Phi) is 3.50. The Hall–Kier alpha value is -2.18. The van der Waals surface area contributed by atoms with Crippen LogP contribution in [0.25, 0.3) is 10.9 Å². The first-order chi connectivity index (χ1) is 10.3. The maximum absolute atomic E-state index is 12.3. The van der Waals surface area contributed by atoms with Crippen LogP contribution in [0.15, 0.2) is 18.2 Å². The van der Waals surface area contributed by atoms with Gasteiger partial charge in [0.2, 0.25) is 5.91 Å². The van der Waals surface area contributed by atoms with E-state index in [0.717, 1.165) is 29.6 Å². The summed E-state index contributed by atoms with van der Waals surface area (Å²) in [6.45, 7) is 0. The Balaban J connectivity index is 1.94. The molecule has 0 aliphatic heterocycles. The standard InChI is InChI=1S/C15H15F3N2O2/c16-15(17,18)22-9-2-4-13-11(7-9)10-5-8(6-14(19)21)1-3-12(10)20-13/h2,4,7-8,20H,1,3,5-6H2,(H2,19,21). The van der Waals surface area contributed by atoms with Gasteiger partial charge in [0.1, 0.15) is 5.75 Å². The summed E-state index contributed by atoms with van der Waals surface area (Å²) in [6.07, 6.45) is -2.18. The van der Waals surface area contributed by atoms with Gasteiger partial charge in [-0.1, -0.05) is 0 Å². The van der Waals surface area contributed by atoms with Gasteiger partial charge in [0.25, 0.3) is 0 Å². The normalized spacial score (nSPS) is 18.2. The lowest BCUT2D eigenvalue weighted by molar-refractivity contribution is -0.274. The number of carbonyl (C=O) groups excluding carboxylic acids is 1. The Morgan fingerprint density at radius 3 is 2.86 bits per heavy atom. The molecular weight excluding hydrogens is 297 g/mol. The maximum Gasteiger partial charge on any atom is 0.573 e. The smallest absolute Gasteiger partial charge is 0.406 e. The molecule has 4 nitrogen and oxygen atoms in total. The third-order valence-corrected chi connectivity index (χ3v) is 3.98. The number of hydrogen-bond donors (Lipinski definition) is 2. The Labute approximate surface area is 124 Å². The quantitative estimate of drug-likeness (QED) is 0.914. The largest absolute Gasteiger partial charge is 0.573 e. The molecule has 22 heavy (non-hydrogen) atoms. The van der Waals surface area contributed by atoms with Gasteiger partial charge >= 0.3 is 6.36 Å². The Morgan fingerprint density at radius 1 is 1.41 bits per heavy atom. The van der Waals surface area contributed by atoms with Gasteiger partial charge in [-0.2, -0.15) is 0 Å². The summed E-state index contributed by atoms with van der Waals surface area (Å²) >= 11 is 0. The third kappa shape index (κ3) is 3.03. The van der Waals surface area contributed by atoms with E-state index in [2.05, 4.69) is 9.72 Å². The Bertz CT molecular complexity index is 721. The number of ether oxygens (including phenoxy) is 1. The predicted octanol–water partition coefficient (Wildman–Crippen LogP) is 3.05. The highest BCUT2D eigenvalue weighted by atomic mass is 19.4. The van der Waals surface area contributed by atoms with Crippen LogP contribution in [0.1, 0.15) is 24.1 Å². The van der Waals surface area contributed by atoms with Crippen LogP contribution < -0.4 is 10.5 Å². The molecule has 0 bridgehead atoms. The molecule has 1 aromatic heterocycles. The minimum absolute atomic E-state index is 0.135. The molecule has 1 aliphatic carbocycles. The van der Waals surface area contributed by atoms with Gasteiger partial charge in [0, 0.05) is 23.0 Å². The number of alkyl halides is 3. The van der Waals surface area contributed by atoms with E-state index in [1.54, 1.807) is 6.07 Å². The molecule has 118 valence electrons. The van der Waals surface area contributed by atoms with Crippen molar-refractivity contribution in [1.29, 1.82) is 0 Å². The number of hydrogen-bond acceptors (Lipinski definition) is 2. The van der Waals surface area contributed by atoms with Crippen LogP contribution in [0.4, 0.5) is 13.2 Å². The molecule has 3 rings (SSSR count). The molecule has 1 aromatic carbocycles. The highest BCUT2D eigenvalue weighted by Crippen LogP contribution is 2.35. The lowest BCUT2D eigenvalue weighted by Crippen LogP contribution is -2.21. The lowest BCUT2D eigenvalue weighted by atomic mass is 9.84. The summed E-state index contributed by atoms with van der Waals surface area (Å²) in [5.74, 6) is -0.454. The number of primary amides is 1. The van der Waals surface area contributed by atoms with E-state index >= 15 is 0 Å². The van der Waals surface area contributed by atoms with Gasteiger partial charge in [-0.25, -0.2) is 0 Å². The fourth-order valence-electron chi connectivity index (χ4n) is 3.12. The van der Waals surface area contributed by atoms with Gasteiger partial charge in [0.05, 0.1) is 0 Å². The summed E-state index contributed by atoms with van der Waals surface area (Å²) in [5.41, 5.74) is 7.98. The van der Waals surface area contributed by atoms with E-state index in [1.165, 1.54) is 12.1 Å². The number of aryl methyl sites for hydroxylation is 1. The number of amides is 1. The summed E-state index contributed by atoms with van der Waals surface area (Å²) in [5, 5.41) is 0.714. The zero-order valence-electron chi connectivity index (χ0n) is 11.7. The number of fused-ring (bicyclic) bond motifs is 3. The molecule has 0 radical (unpaired) electrons. The second kappa shape index (κ2) is 5.23. The summed E-state index contributed by atoms with van der Waals surface area (Å²) in [6, 6.07) is 4.27. The first-order valence-corrected chi connectivity index (χ1v) is 6.99. The maximum atomic E-state index is 12.3. The van der Waals surface area contributed by atoms with Crippen molar-refractivity contribution >= 4 is 16.8 Å². The van der Waals surface area contributed by atoms with E-state index in [0.29, 0.717) is 18.2 Å². The van der Waals surface area contributed by atoms with E-state index in [4.69, 9.17) is 5.73 Å². The molecule has 0 saturated carbocycles. The highest BCUT2D eigenvalue weighted by Gasteiger charge is 2.31. The fourth-order valence-corrected chi connectivity index (χ4v) is 3.12. The molecule has 0 fully saturated rings. The van der Waals surface area contributed by atoms with Crippen molar-refractivity contribution in [3.8, 4) is 5.75 Å². The molecule has 3 N–H and O–H groups in total. The average molecular weight is 312 g/mol. The van der Waals surface area contributed by atoms with Gasteiger partial charge in [-0.05, 0) is 48.9 Å². The lowest BCUT2D eigenvalue weighted by Gasteiger charge is -2.21. The number of nitrogens with one attached hydrogen (secondary N) is 1. The number of benzene rings is 1. The molecule has 1 amide bonds. The SMILES string of the molecule is NC(=O)CC1CCc2[nH]c3ccc(OC(F)(F)F)cc3c2C1. The van der Waals surface area contributed by atoms with Gasteiger partial charge in [-0.15, -0.1) is 13.2 Å². The number of halogens is 3. The second-order valence-corrected chi connectivity index (χ2v) is 5.62. The number of rotatable bonds is 3. The van der Waals surface area contributed by atoms with Crippen molar-refractivity contribution in [2.24, 2.45) is 11.7 Å². The molecule has 7 heteroatoms. The fraction of sp³-hybridized carbons (Fsp3) is 0.400. The monoisotopic (exact) mass is 312 g/mol. The molecular formula is C15H15F3N2O2.